The number of nitrogens with zero attached hydrogens (tertiary/aromatic N) is 1. The minimum atomic E-state index is -0.620. The zero-order chi connectivity index (χ0) is 10.1. The number of hydrogen-bond acceptors (Lipinski definition) is 2. The molecule has 2 rings (SSSR count). The van der Waals surface area contributed by atoms with E-state index in [1.54, 1.807) is 7.11 Å². The molecule has 0 amide bonds. The third kappa shape index (κ3) is 1.94. The second-order valence-electron chi connectivity index (χ2n) is 4.76. The van der Waals surface area contributed by atoms with Crippen molar-refractivity contribution in [1.82, 2.24) is 4.90 Å². The fraction of sp³-hybridized carbons (Fsp3) is 1.00. The van der Waals surface area contributed by atoms with Crippen molar-refractivity contribution in [3.8, 4) is 0 Å². The van der Waals surface area contributed by atoms with Crippen LogP contribution in [0.25, 0.3) is 0 Å². The molecule has 0 unspecified atom stereocenters. The van der Waals surface area contributed by atoms with Crippen molar-refractivity contribution in [2.24, 2.45) is 5.92 Å². The third-order valence-electron chi connectivity index (χ3n) is 3.82. The van der Waals surface area contributed by atoms with Crippen molar-refractivity contribution in [1.29, 1.82) is 0 Å². The van der Waals surface area contributed by atoms with Crippen LogP contribution in [0.15, 0.2) is 0 Å². The molecule has 14 heavy (non-hydrogen) atoms. The smallest absolute Gasteiger partial charge is 0.115 e. The summed E-state index contributed by atoms with van der Waals surface area (Å²) in [6.45, 7) is 3.73. The maximum absolute atomic E-state index is 13.5. The molecule has 1 aliphatic heterocycles. The van der Waals surface area contributed by atoms with E-state index in [-0.39, 0.29) is 5.92 Å². The largest absolute Gasteiger partial charge is 0.381 e. The molecule has 0 aromatic carbocycles. The Kier molecular flexibility index (Phi) is 3.07. The van der Waals surface area contributed by atoms with Crippen molar-refractivity contribution >= 4 is 0 Å². The van der Waals surface area contributed by atoms with Crippen molar-refractivity contribution in [3.05, 3.63) is 0 Å². The monoisotopic (exact) mass is 201 g/mol. The van der Waals surface area contributed by atoms with E-state index in [9.17, 15) is 4.39 Å². The van der Waals surface area contributed by atoms with Gasteiger partial charge in [0.2, 0.25) is 0 Å². The summed E-state index contributed by atoms with van der Waals surface area (Å²) in [5.74, 6) is 0.254. The molecule has 1 saturated heterocycles. The van der Waals surface area contributed by atoms with Crippen LogP contribution in [0.3, 0.4) is 0 Å². The minimum Gasteiger partial charge on any atom is -0.381 e. The summed E-state index contributed by atoms with van der Waals surface area (Å²) in [4.78, 5) is 2.31. The lowest BCUT2D eigenvalue weighted by molar-refractivity contribution is -0.0484. The first kappa shape index (κ1) is 10.4. The molecule has 1 aliphatic carbocycles. The molecule has 3 heteroatoms. The van der Waals surface area contributed by atoms with E-state index in [1.807, 2.05) is 6.92 Å². The van der Waals surface area contributed by atoms with E-state index in [0.29, 0.717) is 18.7 Å². The number of alkyl halides is 1. The van der Waals surface area contributed by atoms with Crippen LogP contribution in [0.5, 0.6) is 0 Å². The van der Waals surface area contributed by atoms with Crippen LogP contribution in [0.2, 0.25) is 0 Å². The number of hydrogen-bond donors (Lipinski definition) is 0. The highest BCUT2D eigenvalue weighted by atomic mass is 19.1. The van der Waals surface area contributed by atoms with Crippen LogP contribution in [-0.4, -0.2) is 43.4 Å². The van der Waals surface area contributed by atoms with Gasteiger partial charge in [0, 0.05) is 19.7 Å². The predicted octanol–water partition coefficient (Wildman–Crippen LogP) is 1.84. The van der Waals surface area contributed by atoms with Gasteiger partial charge >= 0.3 is 0 Å². The SMILES string of the molecule is COC1CC(N2CC[C@H](C)[C@@H](F)C2)C1. The normalized spacial score (nSPS) is 44.8. The van der Waals surface area contributed by atoms with Gasteiger partial charge in [-0.3, -0.25) is 4.90 Å². The number of ether oxygens (including phenoxy) is 1. The summed E-state index contributed by atoms with van der Waals surface area (Å²) in [6, 6.07) is 0.589. The van der Waals surface area contributed by atoms with Gasteiger partial charge in [-0.15, -0.1) is 0 Å². The maximum Gasteiger partial charge on any atom is 0.115 e. The summed E-state index contributed by atoms with van der Waals surface area (Å²) >= 11 is 0. The zero-order valence-electron chi connectivity index (χ0n) is 9.08. The Morgan fingerprint density at radius 1 is 1.36 bits per heavy atom. The Morgan fingerprint density at radius 2 is 2.07 bits per heavy atom. The highest BCUT2D eigenvalue weighted by Gasteiger charge is 2.37. The Morgan fingerprint density at radius 3 is 2.64 bits per heavy atom. The lowest BCUT2D eigenvalue weighted by Crippen LogP contribution is -2.53. The van der Waals surface area contributed by atoms with Gasteiger partial charge in [-0.25, -0.2) is 4.39 Å². The average molecular weight is 201 g/mol. The fourth-order valence-corrected chi connectivity index (χ4v) is 2.41. The van der Waals surface area contributed by atoms with Gasteiger partial charge in [-0.1, -0.05) is 6.92 Å². The van der Waals surface area contributed by atoms with E-state index in [0.717, 1.165) is 25.8 Å². The summed E-state index contributed by atoms with van der Waals surface area (Å²) in [6.07, 6.45) is 3.01. The Hall–Kier alpha value is -0.150. The lowest BCUT2D eigenvalue weighted by atomic mass is 9.85. The van der Waals surface area contributed by atoms with Crippen LogP contribution in [0.1, 0.15) is 26.2 Å². The van der Waals surface area contributed by atoms with E-state index >= 15 is 0 Å². The Bertz CT molecular complexity index is 194. The molecule has 1 heterocycles. The second kappa shape index (κ2) is 4.15. The van der Waals surface area contributed by atoms with E-state index < -0.39 is 6.17 Å². The highest BCUT2D eigenvalue weighted by Crippen LogP contribution is 2.31. The van der Waals surface area contributed by atoms with Crippen molar-refractivity contribution in [3.63, 3.8) is 0 Å². The molecule has 0 aromatic rings. The number of rotatable bonds is 2. The summed E-state index contributed by atoms with van der Waals surface area (Å²) in [5.41, 5.74) is 0. The van der Waals surface area contributed by atoms with Gasteiger partial charge in [0.15, 0.2) is 0 Å². The molecule has 0 aromatic heterocycles. The second-order valence-corrected chi connectivity index (χ2v) is 4.76. The van der Waals surface area contributed by atoms with Crippen LogP contribution in [-0.2, 0) is 4.74 Å². The molecular formula is C11H20FNO. The van der Waals surface area contributed by atoms with Gasteiger partial charge < -0.3 is 4.74 Å². The van der Waals surface area contributed by atoms with Crippen molar-refractivity contribution in [2.45, 2.75) is 44.5 Å². The summed E-state index contributed by atoms with van der Waals surface area (Å²) in [5, 5.41) is 0. The molecular weight excluding hydrogens is 181 g/mol. The molecule has 1 saturated carbocycles. The summed E-state index contributed by atoms with van der Waals surface area (Å²) < 4.78 is 18.7. The van der Waals surface area contributed by atoms with Gasteiger partial charge in [-0.05, 0) is 31.7 Å². The van der Waals surface area contributed by atoms with E-state index in [1.165, 1.54) is 0 Å². The first-order chi connectivity index (χ1) is 6.70. The molecule has 2 aliphatic rings. The van der Waals surface area contributed by atoms with Crippen molar-refractivity contribution < 1.29 is 9.13 Å². The number of methoxy groups -OCH3 is 1. The number of piperidine rings is 1. The van der Waals surface area contributed by atoms with Gasteiger partial charge in [0.1, 0.15) is 6.17 Å². The molecule has 0 N–H and O–H groups in total. The van der Waals surface area contributed by atoms with E-state index in [2.05, 4.69) is 4.90 Å². The highest BCUT2D eigenvalue weighted by molar-refractivity contribution is 4.91. The van der Waals surface area contributed by atoms with Crippen LogP contribution < -0.4 is 0 Å². The van der Waals surface area contributed by atoms with Crippen molar-refractivity contribution in [2.75, 3.05) is 20.2 Å². The van der Waals surface area contributed by atoms with Gasteiger partial charge in [0.05, 0.1) is 6.10 Å². The quantitative estimate of drug-likeness (QED) is 0.676. The predicted molar refractivity (Wildman–Crippen MR) is 54.1 cm³/mol. The third-order valence-corrected chi connectivity index (χ3v) is 3.82. The Labute approximate surface area is 85.4 Å². The first-order valence-electron chi connectivity index (χ1n) is 5.61. The molecule has 0 radical (unpaired) electrons. The Balaban J connectivity index is 1.78. The maximum atomic E-state index is 13.5. The summed E-state index contributed by atoms with van der Waals surface area (Å²) in [7, 11) is 1.76. The molecule has 2 fully saturated rings. The standard InChI is InChI=1S/C11H20FNO/c1-8-3-4-13(7-11(8)12)9-5-10(6-9)14-2/h8-11H,3-7H2,1-2H3/t8-,9?,10?,11-/m0/s1. The van der Waals surface area contributed by atoms with E-state index in [4.69, 9.17) is 4.74 Å². The van der Waals surface area contributed by atoms with Crippen LogP contribution in [0.4, 0.5) is 4.39 Å². The fourth-order valence-electron chi connectivity index (χ4n) is 2.41. The molecule has 0 bridgehead atoms. The zero-order valence-corrected chi connectivity index (χ0v) is 9.08. The topological polar surface area (TPSA) is 12.5 Å². The molecule has 0 spiro atoms. The van der Waals surface area contributed by atoms with Gasteiger partial charge in [-0.2, -0.15) is 0 Å². The van der Waals surface area contributed by atoms with Crippen LogP contribution in [0, 0.1) is 5.92 Å². The molecule has 82 valence electrons. The number of likely N-dealkylation sites (tertiary alicyclic amines) is 1. The lowest BCUT2D eigenvalue weighted by Gasteiger charge is -2.45. The molecule has 2 nitrogen and oxygen atoms in total. The average Bonchev–Trinajstić information content (AvgIpc) is 2.09. The number of halogens is 1. The first-order valence-corrected chi connectivity index (χ1v) is 5.61. The molecule has 2 atom stereocenters. The van der Waals surface area contributed by atoms with Crippen LogP contribution >= 0.6 is 0 Å². The minimum absolute atomic E-state index is 0.254. The van der Waals surface area contributed by atoms with Gasteiger partial charge in [0.25, 0.3) is 0 Å².